The van der Waals surface area contributed by atoms with E-state index in [1.807, 2.05) is 12.1 Å². The number of carbonyl (C=O) groups excluding carboxylic acids is 2. The zero-order valence-electron chi connectivity index (χ0n) is 11.3. The number of hydrogen-bond donors (Lipinski definition) is 1. The van der Waals surface area contributed by atoms with Crippen LogP contribution >= 0.6 is 0 Å². The van der Waals surface area contributed by atoms with Gasteiger partial charge in [-0.1, -0.05) is 12.1 Å². The summed E-state index contributed by atoms with van der Waals surface area (Å²) in [6.45, 7) is 1.74. The van der Waals surface area contributed by atoms with Crippen LogP contribution in [0.15, 0.2) is 24.3 Å². The predicted molar refractivity (Wildman–Crippen MR) is 74.4 cm³/mol. The van der Waals surface area contributed by atoms with Gasteiger partial charge in [0.1, 0.15) is 0 Å². The lowest BCUT2D eigenvalue weighted by Crippen LogP contribution is -2.53. The van der Waals surface area contributed by atoms with Crippen molar-refractivity contribution >= 4 is 11.8 Å². The first-order chi connectivity index (χ1) is 9.77. The Balaban J connectivity index is 1.68. The standard InChI is InChI=1S/C16H18N2O2/c19-15-12-3-1-2-4-13(12)16(20)18(15)14-9-17-8-7-11(14)10-5-6-10/h1-4,10-11,14,17H,5-9H2/t11-,14-/m1/s1. The number of nitrogens with zero attached hydrogens (tertiary/aromatic N) is 1. The molecule has 104 valence electrons. The van der Waals surface area contributed by atoms with Crippen LogP contribution in [0.1, 0.15) is 40.0 Å². The Morgan fingerprint density at radius 3 is 2.25 bits per heavy atom. The van der Waals surface area contributed by atoms with Crippen LogP contribution in [0.5, 0.6) is 0 Å². The molecule has 1 aliphatic carbocycles. The third kappa shape index (κ3) is 1.71. The third-order valence-corrected chi connectivity index (χ3v) is 4.89. The van der Waals surface area contributed by atoms with Gasteiger partial charge in [0.25, 0.3) is 11.8 Å². The van der Waals surface area contributed by atoms with Crippen molar-refractivity contribution in [2.75, 3.05) is 13.1 Å². The number of benzene rings is 1. The highest BCUT2D eigenvalue weighted by Crippen LogP contribution is 2.43. The van der Waals surface area contributed by atoms with Crippen molar-refractivity contribution < 1.29 is 9.59 Å². The molecule has 4 rings (SSSR count). The van der Waals surface area contributed by atoms with Crippen LogP contribution < -0.4 is 5.32 Å². The first-order valence-electron chi connectivity index (χ1n) is 7.45. The van der Waals surface area contributed by atoms with Crippen LogP contribution in [0.2, 0.25) is 0 Å². The Bertz CT molecular complexity index is 545. The number of imide groups is 1. The summed E-state index contributed by atoms with van der Waals surface area (Å²) in [5.41, 5.74) is 1.13. The highest BCUT2D eigenvalue weighted by Gasteiger charge is 2.47. The number of fused-ring (bicyclic) bond motifs is 1. The van der Waals surface area contributed by atoms with E-state index in [1.165, 1.54) is 17.7 Å². The van der Waals surface area contributed by atoms with Crippen molar-refractivity contribution in [3.05, 3.63) is 35.4 Å². The molecule has 0 radical (unpaired) electrons. The van der Waals surface area contributed by atoms with Crippen molar-refractivity contribution in [3.8, 4) is 0 Å². The van der Waals surface area contributed by atoms with Crippen molar-refractivity contribution in [2.24, 2.45) is 11.8 Å². The van der Waals surface area contributed by atoms with Crippen LogP contribution in [0.4, 0.5) is 0 Å². The molecular formula is C16H18N2O2. The zero-order valence-corrected chi connectivity index (χ0v) is 11.3. The van der Waals surface area contributed by atoms with Crippen LogP contribution in [-0.4, -0.2) is 35.8 Å². The molecule has 4 nitrogen and oxygen atoms in total. The Kier molecular flexibility index (Phi) is 2.67. The summed E-state index contributed by atoms with van der Waals surface area (Å²) in [7, 11) is 0. The van der Waals surface area contributed by atoms with Gasteiger partial charge in [0, 0.05) is 6.54 Å². The number of piperidine rings is 1. The summed E-state index contributed by atoms with van der Waals surface area (Å²) in [6, 6.07) is 7.20. The minimum Gasteiger partial charge on any atom is -0.315 e. The minimum atomic E-state index is -0.107. The van der Waals surface area contributed by atoms with Gasteiger partial charge in [-0.25, -0.2) is 0 Å². The van der Waals surface area contributed by atoms with Crippen molar-refractivity contribution in [1.29, 1.82) is 0 Å². The van der Waals surface area contributed by atoms with Gasteiger partial charge < -0.3 is 5.32 Å². The minimum absolute atomic E-state index is 0.0312. The van der Waals surface area contributed by atoms with E-state index in [4.69, 9.17) is 0 Å². The molecule has 0 aromatic heterocycles. The average Bonchev–Trinajstić information content (AvgIpc) is 3.29. The predicted octanol–water partition coefficient (Wildman–Crippen LogP) is 1.67. The molecule has 1 aromatic carbocycles. The van der Waals surface area contributed by atoms with Crippen LogP contribution in [0.3, 0.4) is 0 Å². The average molecular weight is 270 g/mol. The second-order valence-electron chi connectivity index (χ2n) is 6.09. The van der Waals surface area contributed by atoms with Crippen LogP contribution in [0, 0.1) is 11.8 Å². The zero-order chi connectivity index (χ0) is 13.7. The maximum absolute atomic E-state index is 12.6. The van der Waals surface area contributed by atoms with Gasteiger partial charge in [-0.05, 0) is 49.8 Å². The van der Waals surface area contributed by atoms with E-state index in [0.29, 0.717) is 23.0 Å². The van der Waals surface area contributed by atoms with Crippen molar-refractivity contribution in [1.82, 2.24) is 10.2 Å². The maximum atomic E-state index is 12.6. The molecule has 0 bridgehead atoms. The lowest BCUT2D eigenvalue weighted by molar-refractivity contribution is 0.0473. The molecule has 20 heavy (non-hydrogen) atoms. The van der Waals surface area contributed by atoms with Crippen molar-refractivity contribution in [2.45, 2.75) is 25.3 Å². The number of carbonyl (C=O) groups is 2. The summed E-state index contributed by atoms with van der Waals surface area (Å²) in [4.78, 5) is 26.7. The molecule has 1 saturated carbocycles. The Hall–Kier alpha value is -1.68. The van der Waals surface area contributed by atoms with E-state index in [-0.39, 0.29) is 17.9 Å². The quantitative estimate of drug-likeness (QED) is 0.832. The lowest BCUT2D eigenvalue weighted by atomic mass is 9.87. The molecule has 2 fully saturated rings. The fraction of sp³-hybridized carbons (Fsp3) is 0.500. The third-order valence-electron chi connectivity index (χ3n) is 4.89. The van der Waals surface area contributed by atoms with Gasteiger partial charge in [0.05, 0.1) is 17.2 Å². The number of rotatable bonds is 2. The fourth-order valence-electron chi connectivity index (χ4n) is 3.73. The molecule has 4 heteroatoms. The monoisotopic (exact) mass is 270 g/mol. The van der Waals surface area contributed by atoms with Gasteiger partial charge in [-0.3, -0.25) is 14.5 Å². The van der Waals surface area contributed by atoms with Crippen LogP contribution in [-0.2, 0) is 0 Å². The highest BCUT2D eigenvalue weighted by atomic mass is 16.2. The molecule has 0 spiro atoms. The molecule has 2 atom stereocenters. The smallest absolute Gasteiger partial charge is 0.261 e. The molecule has 1 aromatic rings. The Morgan fingerprint density at radius 1 is 1.00 bits per heavy atom. The topological polar surface area (TPSA) is 49.4 Å². The first kappa shape index (κ1) is 12.1. The van der Waals surface area contributed by atoms with Gasteiger partial charge in [-0.2, -0.15) is 0 Å². The molecule has 2 amide bonds. The lowest BCUT2D eigenvalue weighted by Gasteiger charge is -2.37. The molecule has 2 aliphatic heterocycles. The molecule has 3 aliphatic rings. The summed E-state index contributed by atoms with van der Waals surface area (Å²) in [5.74, 6) is 0.986. The van der Waals surface area contributed by atoms with E-state index in [2.05, 4.69) is 5.32 Å². The molecule has 0 unspecified atom stereocenters. The Morgan fingerprint density at radius 2 is 1.65 bits per heavy atom. The summed E-state index contributed by atoms with van der Waals surface area (Å²) in [6.07, 6.45) is 3.58. The number of hydrogen-bond acceptors (Lipinski definition) is 3. The molecule has 1 N–H and O–H groups in total. The molecule has 1 saturated heterocycles. The van der Waals surface area contributed by atoms with E-state index in [1.54, 1.807) is 12.1 Å². The van der Waals surface area contributed by atoms with Gasteiger partial charge in [0.2, 0.25) is 0 Å². The summed E-state index contributed by atoms with van der Waals surface area (Å²) < 4.78 is 0. The first-order valence-corrected chi connectivity index (χ1v) is 7.45. The normalized spacial score (nSPS) is 29.7. The van der Waals surface area contributed by atoms with Gasteiger partial charge >= 0.3 is 0 Å². The molecule has 2 heterocycles. The van der Waals surface area contributed by atoms with E-state index in [9.17, 15) is 9.59 Å². The summed E-state index contributed by atoms with van der Waals surface area (Å²) >= 11 is 0. The van der Waals surface area contributed by atoms with Crippen molar-refractivity contribution in [3.63, 3.8) is 0 Å². The second-order valence-corrected chi connectivity index (χ2v) is 6.09. The van der Waals surface area contributed by atoms with E-state index >= 15 is 0 Å². The number of nitrogens with one attached hydrogen (secondary N) is 1. The fourth-order valence-corrected chi connectivity index (χ4v) is 3.73. The summed E-state index contributed by atoms with van der Waals surface area (Å²) in [5, 5.41) is 3.35. The largest absolute Gasteiger partial charge is 0.315 e. The second kappa shape index (κ2) is 4.42. The van der Waals surface area contributed by atoms with Gasteiger partial charge in [-0.15, -0.1) is 0 Å². The maximum Gasteiger partial charge on any atom is 0.261 e. The highest BCUT2D eigenvalue weighted by molar-refractivity contribution is 6.21. The number of amides is 2. The van der Waals surface area contributed by atoms with Gasteiger partial charge in [0.15, 0.2) is 0 Å². The van der Waals surface area contributed by atoms with E-state index < -0.39 is 0 Å². The Labute approximate surface area is 118 Å². The van der Waals surface area contributed by atoms with E-state index in [0.717, 1.165) is 19.5 Å². The van der Waals surface area contributed by atoms with Crippen LogP contribution in [0.25, 0.3) is 0 Å². The molecular weight excluding hydrogens is 252 g/mol. The SMILES string of the molecule is O=C1c2ccccc2C(=O)N1[C@@H]1CNCC[C@@H]1C1CC1.